The molecular weight excluding hydrogens is 348 g/mol. The maximum atomic E-state index is 6.40. The fourth-order valence-corrected chi connectivity index (χ4v) is 3.05. The van der Waals surface area contributed by atoms with E-state index in [-0.39, 0.29) is 6.04 Å². The third kappa shape index (κ3) is 2.95. The van der Waals surface area contributed by atoms with Gasteiger partial charge in [-0.05, 0) is 54.4 Å². The van der Waals surface area contributed by atoms with Gasteiger partial charge in [-0.25, -0.2) is 0 Å². The number of fused-ring (bicyclic) bond motifs is 1. The van der Waals surface area contributed by atoms with E-state index in [2.05, 4.69) is 33.0 Å². The van der Waals surface area contributed by atoms with Crippen LogP contribution in [-0.2, 0) is 0 Å². The zero-order chi connectivity index (χ0) is 15.0. The molecule has 0 spiro atoms. The fourth-order valence-electron chi connectivity index (χ4n) is 2.37. The van der Waals surface area contributed by atoms with E-state index in [1.807, 2.05) is 43.3 Å². The molecule has 2 N–H and O–H groups in total. The van der Waals surface area contributed by atoms with Crippen LogP contribution in [0.1, 0.15) is 22.9 Å². The number of nitrogens with two attached hydrogens (primary N) is 1. The first-order chi connectivity index (χ1) is 10.0. The summed E-state index contributed by atoms with van der Waals surface area (Å²) >= 11 is 9.61. The molecule has 3 rings (SSSR count). The second-order valence-electron chi connectivity index (χ2n) is 5.05. The van der Waals surface area contributed by atoms with E-state index in [4.69, 9.17) is 17.3 Å². The number of aromatic nitrogens is 1. The summed E-state index contributed by atoms with van der Waals surface area (Å²) in [5, 5.41) is 1.77. The lowest BCUT2D eigenvalue weighted by Crippen LogP contribution is -2.12. The van der Waals surface area contributed by atoms with Gasteiger partial charge in [0, 0.05) is 20.6 Å². The molecule has 21 heavy (non-hydrogen) atoms. The van der Waals surface area contributed by atoms with E-state index < -0.39 is 0 Å². The maximum Gasteiger partial charge on any atom is 0.0705 e. The van der Waals surface area contributed by atoms with Gasteiger partial charge in [-0.15, -0.1) is 0 Å². The highest BCUT2D eigenvalue weighted by Gasteiger charge is 2.13. The van der Waals surface area contributed by atoms with Crippen LogP contribution in [0.2, 0.25) is 5.02 Å². The van der Waals surface area contributed by atoms with Gasteiger partial charge in [-0.2, -0.15) is 0 Å². The van der Waals surface area contributed by atoms with Crippen molar-refractivity contribution in [2.75, 3.05) is 0 Å². The molecule has 0 saturated heterocycles. The molecule has 4 heteroatoms. The number of halogens is 2. The van der Waals surface area contributed by atoms with Crippen LogP contribution in [0.25, 0.3) is 10.9 Å². The molecular formula is C17H14BrClN2. The third-order valence-corrected chi connectivity index (χ3v) is 4.46. The van der Waals surface area contributed by atoms with Crippen LogP contribution in [0, 0.1) is 6.92 Å². The van der Waals surface area contributed by atoms with Crippen molar-refractivity contribution in [2.24, 2.45) is 5.73 Å². The lowest BCUT2D eigenvalue weighted by atomic mass is 9.98. The number of benzene rings is 2. The molecule has 1 unspecified atom stereocenters. The molecule has 0 fully saturated rings. The normalized spacial score (nSPS) is 12.6. The van der Waals surface area contributed by atoms with Gasteiger partial charge in [0.2, 0.25) is 0 Å². The molecule has 0 bridgehead atoms. The zero-order valence-electron chi connectivity index (χ0n) is 11.5. The largest absolute Gasteiger partial charge is 0.320 e. The van der Waals surface area contributed by atoms with Crippen molar-refractivity contribution in [1.29, 1.82) is 0 Å². The Morgan fingerprint density at radius 1 is 1.10 bits per heavy atom. The Morgan fingerprint density at radius 3 is 2.71 bits per heavy atom. The van der Waals surface area contributed by atoms with E-state index in [1.54, 1.807) is 0 Å². The number of rotatable bonds is 2. The quantitative estimate of drug-likeness (QED) is 0.697. The smallest absolute Gasteiger partial charge is 0.0705 e. The van der Waals surface area contributed by atoms with Crippen molar-refractivity contribution in [3.05, 3.63) is 74.8 Å². The summed E-state index contributed by atoms with van der Waals surface area (Å²) < 4.78 is 0.960. The lowest BCUT2D eigenvalue weighted by molar-refractivity contribution is 0.867. The second-order valence-corrected chi connectivity index (χ2v) is 6.34. The first kappa shape index (κ1) is 14.5. The molecule has 0 aliphatic rings. The molecule has 1 atom stereocenters. The van der Waals surface area contributed by atoms with Gasteiger partial charge in [-0.3, -0.25) is 4.98 Å². The van der Waals surface area contributed by atoms with E-state index in [1.165, 1.54) is 0 Å². The Morgan fingerprint density at radius 2 is 1.90 bits per heavy atom. The van der Waals surface area contributed by atoms with Crippen molar-refractivity contribution < 1.29 is 0 Å². The van der Waals surface area contributed by atoms with Crippen molar-refractivity contribution in [1.82, 2.24) is 4.98 Å². The average Bonchev–Trinajstić information content (AvgIpc) is 2.48. The molecule has 2 aromatic carbocycles. The second kappa shape index (κ2) is 5.76. The Balaban J connectivity index is 2.07. The minimum absolute atomic E-state index is 0.233. The predicted octanol–water partition coefficient (Wildman–Crippen LogP) is 5.01. The first-order valence-electron chi connectivity index (χ1n) is 6.62. The van der Waals surface area contributed by atoms with E-state index in [9.17, 15) is 0 Å². The number of hydrogen-bond acceptors (Lipinski definition) is 2. The zero-order valence-corrected chi connectivity index (χ0v) is 13.8. The highest BCUT2D eigenvalue weighted by atomic mass is 79.9. The summed E-state index contributed by atoms with van der Waals surface area (Å²) in [5.41, 5.74) is 10.4. The van der Waals surface area contributed by atoms with Crippen molar-refractivity contribution >= 4 is 38.4 Å². The van der Waals surface area contributed by atoms with Gasteiger partial charge in [0.05, 0.1) is 11.6 Å². The van der Waals surface area contributed by atoms with Gasteiger partial charge in [-0.1, -0.05) is 39.7 Å². The molecule has 0 amide bonds. The minimum atomic E-state index is -0.233. The Hall–Kier alpha value is -1.42. The molecule has 106 valence electrons. The van der Waals surface area contributed by atoms with E-state index in [0.717, 1.165) is 32.2 Å². The number of pyridine rings is 1. The number of hydrogen-bond donors (Lipinski definition) is 1. The molecule has 1 heterocycles. The molecule has 0 aliphatic heterocycles. The van der Waals surface area contributed by atoms with Crippen LogP contribution in [-0.4, -0.2) is 4.98 Å². The average molecular weight is 362 g/mol. The van der Waals surface area contributed by atoms with Gasteiger partial charge in [0.15, 0.2) is 0 Å². The maximum absolute atomic E-state index is 6.40. The molecule has 0 saturated carbocycles. The molecule has 3 aromatic rings. The summed E-state index contributed by atoms with van der Waals surface area (Å²) in [6, 6.07) is 15.6. The Labute approximate surface area is 137 Å². The van der Waals surface area contributed by atoms with Crippen LogP contribution < -0.4 is 5.73 Å². The summed E-state index contributed by atoms with van der Waals surface area (Å²) in [7, 11) is 0. The van der Waals surface area contributed by atoms with Gasteiger partial charge >= 0.3 is 0 Å². The monoisotopic (exact) mass is 360 g/mol. The predicted molar refractivity (Wildman–Crippen MR) is 91.7 cm³/mol. The number of aryl methyl sites for hydroxylation is 1. The highest BCUT2D eigenvalue weighted by molar-refractivity contribution is 9.10. The van der Waals surface area contributed by atoms with Gasteiger partial charge < -0.3 is 5.73 Å². The first-order valence-corrected chi connectivity index (χ1v) is 7.79. The van der Waals surface area contributed by atoms with Gasteiger partial charge in [0.1, 0.15) is 0 Å². The molecule has 0 aliphatic carbocycles. The lowest BCUT2D eigenvalue weighted by Gasteiger charge is -2.15. The Bertz CT molecular complexity index is 817. The SMILES string of the molecule is Cc1ccc2cc(C(N)c3cc(Cl)ccc3Br)ccc2n1. The van der Waals surface area contributed by atoms with Crippen LogP contribution >= 0.6 is 27.5 Å². The van der Waals surface area contributed by atoms with Crippen LogP contribution in [0.15, 0.2) is 53.0 Å². The topological polar surface area (TPSA) is 38.9 Å². The van der Waals surface area contributed by atoms with Crippen LogP contribution in [0.4, 0.5) is 0 Å². The summed E-state index contributed by atoms with van der Waals surface area (Å²) in [5.74, 6) is 0. The van der Waals surface area contributed by atoms with Crippen molar-refractivity contribution in [3.63, 3.8) is 0 Å². The summed E-state index contributed by atoms with van der Waals surface area (Å²) in [6.07, 6.45) is 0. The number of nitrogens with zero attached hydrogens (tertiary/aromatic N) is 1. The standard InChI is InChI=1S/C17H14BrClN2/c1-10-2-3-11-8-12(4-7-16(11)21-10)17(20)14-9-13(19)5-6-15(14)18/h2-9,17H,20H2,1H3. The molecule has 1 aromatic heterocycles. The molecule has 0 radical (unpaired) electrons. The summed E-state index contributed by atoms with van der Waals surface area (Å²) in [6.45, 7) is 1.99. The third-order valence-electron chi connectivity index (χ3n) is 3.50. The van der Waals surface area contributed by atoms with E-state index >= 15 is 0 Å². The van der Waals surface area contributed by atoms with Crippen LogP contribution in [0.5, 0.6) is 0 Å². The van der Waals surface area contributed by atoms with E-state index in [0.29, 0.717) is 5.02 Å². The summed E-state index contributed by atoms with van der Waals surface area (Å²) in [4.78, 5) is 4.51. The highest BCUT2D eigenvalue weighted by Crippen LogP contribution is 2.30. The van der Waals surface area contributed by atoms with Crippen LogP contribution in [0.3, 0.4) is 0 Å². The molecule has 2 nitrogen and oxygen atoms in total. The minimum Gasteiger partial charge on any atom is -0.320 e. The van der Waals surface area contributed by atoms with Crippen molar-refractivity contribution in [2.45, 2.75) is 13.0 Å². The fraction of sp³-hybridized carbons (Fsp3) is 0.118. The Kier molecular flexibility index (Phi) is 3.98. The van der Waals surface area contributed by atoms with Crippen molar-refractivity contribution in [3.8, 4) is 0 Å². The van der Waals surface area contributed by atoms with Gasteiger partial charge in [0.25, 0.3) is 0 Å².